The molecule has 0 aliphatic rings. The Morgan fingerprint density at radius 1 is 1.40 bits per heavy atom. The number of carboxylic acids is 1. The zero-order valence-electron chi connectivity index (χ0n) is 11.8. The van der Waals surface area contributed by atoms with Crippen LogP contribution in [0, 0.1) is 0 Å². The van der Waals surface area contributed by atoms with Gasteiger partial charge in [0.2, 0.25) is 10.0 Å². The van der Waals surface area contributed by atoms with E-state index in [1.165, 1.54) is 29.6 Å². The van der Waals surface area contributed by atoms with Crippen molar-refractivity contribution in [2.24, 2.45) is 0 Å². The first-order chi connectivity index (χ1) is 9.04. The molecule has 0 fully saturated rings. The molecule has 1 aromatic carbocycles. The van der Waals surface area contributed by atoms with Crippen molar-refractivity contribution in [2.75, 3.05) is 7.05 Å². The molecule has 7 heteroatoms. The number of hydrogen-bond donors (Lipinski definition) is 1. The Labute approximate surface area is 127 Å². The van der Waals surface area contributed by atoms with Crippen molar-refractivity contribution >= 4 is 31.9 Å². The van der Waals surface area contributed by atoms with E-state index >= 15 is 0 Å². The molecule has 0 saturated heterocycles. The molecule has 0 radical (unpaired) electrons. The van der Waals surface area contributed by atoms with E-state index in [9.17, 15) is 13.2 Å². The molecule has 0 amide bonds. The van der Waals surface area contributed by atoms with Gasteiger partial charge in [-0.05, 0) is 54.4 Å². The second-order valence-electron chi connectivity index (χ2n) is 5.09. The number of rotatable bonds is 5. The first-order valence-electron chi connectivity index (χ1n) is 6.06. The molecule has 0 atom stereocenters. The molecule has 0 spiro atoms. The number of benzene rings is 1. The number of sulfonamides is 1. The Morgan fingerprint density at radius 2 is 1.95 bits per heavy atom. The van der Waals surface area contributed by atoms with Crippen molar-refractivity contribution in [2.45, 2.75) is 37.6 Å². The van der Waals surface area contributed by atoms with E-state index in [0.29, 0.717) is 6.42 Å². The third kappa shape index (κ3) is 3.21. The average Bonchev–Trinajstić information content (AvgIpc) is 2.37. The molecule has 0 unspecified atom stereocenters. The molecule has 112 valence electrons. The number of carboxylic acid groups (broad SMARTS) is 1. The third-order valence-corrected chi connectivity index (χ3v) is 6.58. The lowest BCUT2D eigenvalue weighted by Gasteiger charge is -2.33. The number of aromatic carboxylic acids is 1. The molecule has 0 aromatic heterocycles. The SMILES string of the molecule is CCC(C)(C)N(C)S(=O)(=O)c1ccc(C(=O)O)cc1Br. The van der Waals surface area contributed by atoms with Gasteiger partial charge in [-0.1, -0.05) is 6.92 Å². The fourth-order valence-electron chi connectivity index (χ4n) is 1.54. The normalized spacial score (nSPS) is 12.7. The van der Waals surface area contributed by atoms with E-state index in [0.717, 1.165) is 0 Å². The van der Waals surface area contributed by atoms with Crippen LogP contribution in [0.25, 0.3) is 0 Å². The highest BCUT2D eigenvalue weighted by atomic mass is 79.9. The molecular weight excluding hydrogens is 346 g/mol. The minimum atomic E-state index is -3.69. The lowest BCUT2D eigenvalue weighted by atomic mass is 10.0. The minimum absolute atomic E-state index is 0.0354. The second kappa shape index (κ2) is 5.83. The first kappa shape index (κ1) is 17.1. The van der Waals surface area contributed by atoms with Crippen molar-refractivity contribution in [1.82, 2.24) is 4.31 Å². The summed E-state index contributed by atoms with van der Waals surface area (Å²) < 4.78 is 26.7. The van der Waals surface area contributed by atoms with Gasteiger partial charge in [-0.25, -0.2) is 13.2 Å². The first-order valence-corrected chi connectivity index (χ1v) is 8.29. The van der Waals surface area contributed by atoms with Crippen LogP contribution in [-0.4, -0.2) is 36.4 Å². The summed E-state index contributed by atoms with van der Waals surface area (Å²) in [6.07, 6.45) is 0.660. The van der Waals surface area contributed by atoms with E-state index in [1.807, 2.05) is 20.8 Å². The summed E-state index contributed by atoms with van der Waals surface area (Å²) in [4.78, 5) is 10.9. The Morgan fingerprint density at radius 3 is 2.35 bits per heavy atom. The van der Waals surface area contributed by atoms with Crippen LogP contribution in [0.2, 0.25) is 0 Å². The molecule has 0 heterocycles. The Kier molecular flexibility index (Phi) is 4.99. The van der Waals surface area contributed by atoms with Crippen molar-refractivity contribution < 1.29 is 18.3 Å². The van der Waals surface area contributed by atoms with Gasteiger partial charge in [-0.3, -0.25) is 0 Å². The van der Waals surface area contributed by atoms with Crippen LogP contribution >= 0.6 is 15.9 Å². The molecule has 1 aromatic rings. The van der Waals surface area contributed by atoms with Crippen LogP contribution in [0.1, 0.15) is 37.6 Å². The maximum absolute atomic E-state index is 12.6. The van der Waals surface area contributed by atoms with Crippen LogP contribution in [0.15, 0.2) is 27.6 Å². The van der Waals surface area contributed by atoms with Gasteiger partial charge in [0.15, 0.2) is 0 Å². The molecule has 0 bridgehead atoms. The lowest BCUT2D eigenvalue weighted by Crippen LogP contribution is -2.44. The molecular formula is C13H18BrNO4S. The summed E-state index contributed by atoms with van der Waals surface area (Å²) in [6.45, 7) is 5.59. The lowest BCUT2D eigenvalue weighted by molar-refractivity contribution is 0.0696. The van der Waals surface area contributed by atoms with Gasteiger partial charge >= 0.3 is 5.97 Å². The highest BCUT2D eigenvalue weighted by molar-refractivity contribution is 9.10. The molecule has 1 N–H and O–H groups in total. The van der Waals surface area contributed by atoms with Crippen molar-refractivity contribution in [3.8, 4) is 0 Å². The predicted molar refractivity (Wildman–Crippen MR) is 80.4 cm³/mol. The maximum Gasteiger partial charge on any atom is 0.335 e. The minimum Gasteiger partial charge on any atom is -0.478 e. The summed E-state index contributed by atoms with van der Waals surface area (Å²) in [5.74, 6) is -1.10. The van der Waals surface area contributed by atoms with Crippen molar-refractivity contribution in [1.29, 1.82) is 0 Å². The van der Waals surface area contributed by atoms with E-state index < -0.39 is 21.5 Å². The Bertz CT molecular complexity index is 625. The summed E-state index contributed by atoms with van der Waals surface area (Å²) >= 11 is 3.14. The molecule has 0 aliphatic heterocycles. The van der Waals surface area contributed by atoms with Crippen LogP contribution in [0.4, 0.5) is 0 Å². The fourth-order valence-corrected chi connectivity index (χ4v) is 4.15. The molecule has 1 rings (SSSR count). The third-order valence-electron chi connectivity index (χ3n) is 3.53. The smallest absolute Gasteiger partial charge is 0.335 e. The van der Waals surface area contributed by atoms with Crippen LogP contribution in [0.5, 0.6) is 0 Å². The van der Waals surface area contributed by atoms with Gasteiger partial charge in [-0.2, -0.15) is 4.31 Å². The second-order valence-corrected chi connectivity index (χ2v) is 7.88. The molecule has 0 saturated carbocycles. The van der Waals surface area contributed by atoms with Crippen LogP contribution in [-0.2, 0) is 10.0 Å². The van der Waals surface area contributed by atoms with Crippen LogP contribution in [0.3, 0.4) is 0 Å². The summed E-state index contributed by atoms with van der Waals surface area (Å²) in [5.41, 5.74) is -0.489. The predicted octanol–water partition coefficient (Wildman–Crippen LogP) is 2.96. The van der Waals surface area contributed by atoms with Gasteiger partial charge in [0.05, 0.1) is 10.5 Å². The van der Waals surface area contributed by atoms with Gasteiger partial charge in [0, 0.05) is 17.1 Å². The van der Waals surface area contributed by atoms with E-state index in [1.54, 1.807) is 0 Å². The quantitative estimate of drug-likeness (QED) is 0.872. The number of hydrogen-bond acceptors (Lipinski definition) is 3. The monoisotopic (exact) mass is 363 g/mol. The molecule has 5 nitrogen and oxygen atoms in total. The van der Waals surface area contributed by atoms with E-state index in [4.69, 9.17) is 5.11 Å². The summed E-state index contributed by atoms with van der Waals surface area (Å²) in [7, 11) is -2.16. The average molecular weight is 364 g/mol. The zero-order chi connectivity index (χ0) is 15.7. The van der Waals surface area contributed by atoms with E-state index in [-0.39, 0.29) is 14.9 Å². The zero-order valence-corrected chi connectivity index (χ0v) is 14.2. The van der Waals surface area contributed by atoms with Gasteiger partial charge < -0.3 is 5.11 Å². The van der Waals surface area contributed by atoms with Crippen molar-refractivity contribution in [3.05, 3.63) is 28.2 Å². The van der Waals surface area contributed by atoms with Crippen molar-refractivity contribution in [3.63, 3.8) is 0 Å². The number of halogens is 1. The topological polar surface area (TPSA) is 74.7 Å². The van der Waals surface area contributed by atoms with Gasteiger partial charge in [0.1, 0.15) is 0 Å². The molecule has 20 heavy (non-hydrogen) atoms. The number of carbonyl (C=O) groups is 1. The Hall–Kier alpha value is -0.920. The highest BCUT2D eigenvalue weighted by Crippen LogP contribution is 2.30. The van der Waals surface area contributed by atoms with Crippen LogP contribution < -0.4 is 0 Å². The maximum atomic E-state index is 12.6. The standard InChI is InChI=1S/C13H18BrNO4S/c1-5-13(2,3)15(4)20(18,19)11-7-6-9(12(16)17)8-10(11)14/h6-8H,5H2,1-4H3,(H,16,17). The largest absolute Gasteiger partial charge is 0.478 e. The van der Waals surface area contributed by atoms with E-state index in [2.05, 4.69) is 15.9 Å². The fraction of sp³-hybridized carbons (Fsp3) is 0.462. The molecule has 0 aliphatic carbocycles. The van der Waals surface area contributed by atoms with Gasteiger partial charge in [0.25, 0.3) is 0 Å². The summed E-state index contributed by atoms with van der Waals surface area (Å²) in [5, 5.41) is 8.90. The summed E-state index contributed by atoms with van der Waals surface area (Å²) in [6, 6.07) is 3.89. The van der Waals surface area contributed by atoms with Gasteiger partial charge in [-0.15, -0.1) is 0 Å². The highest BCUT2D eigenvalue weighted by Gasteiger charge is 2.33. The number of nitrogens with zero attached hydrogens (tertiary/aromatic N) is 1. The Balaban J connectivity index is 3.34.